The molecule has 0 radical (unpaired) electrons. The van der Waals surface area contributed by atoms with Crippen molar-refractivity contribution in [3.8, 4) is 0 Å². The number of carboxylic acid groups (broad SMARTS) is 1. The second-order valence-electron chi connectivity index (χ2n) is 5.33. The Bertz CT molecular complexity index is 555. The Balaban J connectivity index is 2.75. The molecule has 5 N–H and O–H groups in total. The Kier molecular flexibility index (Phi) is 5.29. The Hall–Kier alpha value is -2.57. The van der Waals surface area contributed by atoms with Gasteiger partial charge in [0.15, 0.2) is 0 Å². The third kappa shape index (κ3) is 5.94. The lowest BCUT2D eigenvalue weighted by molar-refractivity contribution is -0.136. The van der Waals surface area contributed by atoms with E-state index in [1.54, 1.807) is 38.1 Å². The van der Waals surface area contributed by atoms with E-state index in [1.165, 1.54) is 0 Å². The summed E-state index contributed by atoms with van der Waals surface area (Å²) in [6, 6.07) is 6.09. The third-order valence-electron chi connectivity index (χ3n) is 2.68. The zero-order valence-corrected chi connectivity index (χ0v) is 12.0. The monoisotopic (exact) mass is 293 g/mol. The van der Waals surface area contributed by atoms with Crippen molar-refractivity contribution < 1.29 is 19.5 Å². The van der Waals surface area contributed by atoms with Crippen LogP contribution in [0.25, 0.3) is 0 Å². The highest BCUT2D eigenvalue weighted by atomic mass is 16.4. The summed E-state index contributed by atoms with van der Waals surface area (Å²) < 4.78 is 0. The molecule has 21 heavy (non-hydrogen) atoms. The fourth-order valence-electron chi connectivity index (χ4n) is 1.90. The van der Waals surface area contributed by atoms with E-state index < -0.39 is 23.4 Å². The van der Waals surface area contributed by atoms with E-state index in [-0.39, 0.29) is 12.8 Å². The molecule has 0 aromatic heterocycles. The van der Waals surface area contributed by atoms with Crippen LogP contribution in [0, 0.1) is 0 Å². The molecule has 0 unspecified atom stereocenters. The van der Waals surface area contributed by atoms with Gasteiger partial charge < -0.3 is 21.5 Å². The summed E-state index contributed by atoms with van der Waals surface area (Å²) in [5.74, 6) is -1.51. The maximum absolute atomic E-state index is 11.9. The number of carbonyl (C=O) groups is 3. The number of urea groups is 1. The molecule has 0 saturated heterocycles. The van der Waals surface area contributed by atoms with Crippen LogP contribution in [-0.4, -0.2) is 28.6 Å². The minimum atomic E-state index is -0.987. The zero-order chi connectivity index (χ0) is 16.0. The van der Waals surface area contributed by atoms with Gasteiger partial charge in [0.05, 0.1) is 6.42 Å². The molecule has 7 nitrogen and oxygen atoms in total. The summed E-state index contributed by atoms with van der Waals surface area (Å²) in [5, 5.41) is 14.0. The number of para-hydroxylation sites is 1. The Morgan fingerprint density at radius 3 is 2.43 bits per heavy atom. The standard InChI is InChI=1S/C14H19N3O4/c1-14(2,8-11(15)18)17-13(21)16-10-6-4-3-5-9(10)7-12(19)20/h3-6H,7-8H2,1-2H3,(H2,15,18)(H,19,20)(H2,16,17,21). The fourth-order valence-corrected chi connectivity index (χ4v) is 1.90. The van der Waals surface area contributed by atoms with Gasteiger partial charge in [-0.2, -0.15) is 0 Å². The lowest BCUT2D eigenvalue weighted by atomic mass is 10.0. The molecule has 0 aliphatic carbocycles. The van der Waals surface area contributed by atoms with Crippen molar-refractivity contribution in [1.29, 1.82) is 0 Å². The molecular weight excluding hydrogens is 274 g/mol. The Morgan fingerprint density at radius 2 is 1.86 bits per heavy atom. The normalized spacial score (nSPS) is 10.8. The number of anilines is 1. The Morgan fingerprint density at radius 1 is 1.24 bits per heavy atom. The molecule has 0 aliphatic rings. The van der Waals surface area contributed by atoms with Gasteiger partial charge in [0, 0.05) is 17.6 Å². The summed E-state index contributed by atoms with van der Waals surface area (Å²) in [7, 11) is 0. The number of carboxylic acids is 1. The van der Waals surface area contributed by atoms with Crippen LogP contribution in [-0.2, 0) is 16.0 Å². The molecule has 0 fully saturated rings. The van der Waals surface area contributed by atoms with Crippen LogP contribution < -0.4 is 16.4 Å². The molecule has 1 rings (SSSR count). The van der Waals surface area contributed by atoms with Crippen LogP contribution >= 0.6 is 0 Å². The topological polar surface area (TPSA) is 122 Å². The number of hydrogen-bond donors (Lipinski definition) is 4. The first-order chi connectivity index (χ1) is 9.69. The SMILES string of the molecule is CC(C)(CC(N)=O)NC(=O)Nc1ccccc1CC(=O)O. The van der Waals surface area contributed by atoms with Gasteiger partial charge in [-0.15, -0.1) is 0 Å². The van der Waals surface area contributed by atoms with E-state index in [4.69, 9.17) is 10.8 Å². The second-order valence-corrected chi connectivity index (χ2v) is 5.33. The van der Waals surface area contributed by atoms with Gasteiger partial charge >= 0.3 is 12.0 Å². The van der Waals surface area contributed by atoms with Crippen LogP contribution in [0.4, 0.5) is 10.5 Å². The van der Waals surface area contributed by atoms with Crippen molar-refractivity contribution in [2.45, 2.75) is 32.2 Å². The molecule has 0 bridgehead atoms. The predicted octanol–water partition coefficient (Wildman–Crippen LogP) is 1.09. The molecule has 0 saturated carbocycles. The molecule has 3 amide bonds. The molecule has 0 heterocycles. The maximum Gasteiger partial charge on any atom is 0.319 e. The van der Waals surface area contributed by atoms with E-state index in [9.17, 15) is 14.4 Å². The number of nitrogens with one attached hydrogen (secondary N) is 2. The van der Waals surface area contributed by atoms with E-state index >= 15 is 0 Å². The number of primary amides is 1. The number of amides is 3. The minimum absolute atomic E-state index is 0.00278. The largest absolute Gasteiger partial charge is 0.481 e. The summed E-state index contributed by atoms with van der Waals surface area (Å²) in [4.78, 5) is 33.6. The highest BCUT2D eigenvalue weighted by Gasteiger charge is 2.23. The van der Waals surface area contributed by atoms with Crippen molar-refractivity contribution in [2.24, 2.45) is 5.73 Å². The summed E-state index contributed by atoms with van der Waals surface area (Å²) in [5.41, 5.74) is 5.22. The molecule has 1 aromatic carbocycles. The second kappa shape index (κ2) is 6.74. The van der Waals surface area contributed by atoms with Crippen LogP contribution in [0.1, 0.15) is 25.8 Å². The number of nitrogens with two attached hydrogens (primary N) is 1. The van der Waals surface area contributed by atoms with Crippen LogP contribution in [0.3, 0.4) is 0 Å². The number of hydrogen-bond acceptors (Lipinski definition) is 3. The van der Waals surface area contributed by atoms with Crippen molar-refractivity contribution in [2.75, 3.05) is 5.32 Å². The molecule has 1 aromatic rings. The average Bonchev–Trinajstić information content (AvgIpc) is 2.28. The fraction of sp³-hybridized carbons (Fsp3) is 0.357. The summed E-state index contributed by atoms with van der Waals surface area (Å²) in [6.45, 7) is 3.33. The number of carbonyl (C=O) groups excluding carboxylic acids is 2. The highest BCUT2D eigenvalue weighted by molar-refractivity contribution is 5.91. The first kappa shape index (κ1) is 16.5. The highest BCUT2D eigenvalue weighted by Crippen LogP contribution is 2.16. The van der Waals surface area contributed by atoms with E-state index in [0.717, 1.165) is 0 Å². The van der Waals surface area contributed by atoms with Gasteiger partial charge in [-0.05, 0) is 25.5 Å². The summed E-state index contributed by atoms with van der Waals surface area (Å²) in [6.07, 6.45) is -0.196. The minimum Gasteiger partial charge on any atom is -0.481 e. The molecule has 0 spiro atoms. The van der Waals surface area contributed by atoms with Crippen molar-refractivity contribution in [3.05, 3.63) is 29.8 Å². The summed E-state index contributed by atoms with van der Waals surface area (Å²) >= 11 is 0. The van der Waals surface area contributed by atoms with Gasteiger partial charge in [-0.1, -0.05) is 18.2 Å². The van der Waals surface area contributed by atoms with Gasteiger partial charge in [0.1, 0.15) is 0 Å². The van der Waals surface area contributed by atoms with Gasteiger partial charge in [0.2, 0.25) is 5.91 Å². The first-order valence-corrected chi connectivity index (χ1v) is 6.37. The molecule has 7 heteroatoms. The lowest BCUT2D eigenvalue weighted by Crippen LogP contribution is -2.47. The third-order valence-corrected chi connectivity index (χ3v) is 2.68. The molecule has 114 valence electrons. The average molecular weight is 293 g/mol. The zero-order valence-electron chi connectivity index (χ0n) is 12.0. The number of aliphatic carboxylic acids is 1. The lowest BCUT2D eigenvalue weighted by Gasteiger charge is -2.25. The smallest absolute Gasteiger partial charge is 0.319 e. The molecule has 0 atom stereocenters. The van der Waals surface area contributed by atoms with E-state index in [1.807, 2.05) is 0 Å². The van der Waals surface area contributed by atoms with Crippen LogP contribution in [0.2, 0.25) is 0 Å². The molecular formula is C14H19N3O4. The first-order valence-electron chi connectivity index (χ1n) is 6.37. The van der Waals surface area contributed by atoms with Crippen molar-refractivity contribution in [1.82, 2.24) is 5.32 Å². The molecule has 0 aliphatic heterocycles. The van der Waals surface area contributed by atoms with Crippen LogP contribution in [0.5, 0.6) is 0 Å². The van der Waals surface area contributed by atoms with Gasteiger partial charge in [0.25, 0.3) is 0 Å². The van der Waals surface area contributed by atoms with Gasteiger partial charge in [-0.3, -0.25) is 9.59 Å². The maximum atomic E-state index is 11.9. The number of benzene rings is 1. The predicted molar refractivity (Wildman–Crippen MR) is 77.8 cm³/mol. The Labute approximate surface area is 122 Å². The van der Waals surface area contributed by atoms with E-state index in [0.29, 0.717) is 11.3 Å². The quantitative estimate of drug-likeness (QED) is 0.627. The van der Waals surface area contributed by atoms with E-state index in [2.05, 4.69) is 10.6 Å². The van der Waals surface area contributed by atoms with Crippen LogP contribution in [0.15, 0.2) is 24.3 Å². The van der Waals surface area contributed by atoms with Gasteiger partial charge in [-0.25, -0.2) is 4.79 Å². The van der Waals surface area contributed by atoms with Crippen molar-refractivity contribution >= 4 is 23.6 Å². The number of rotatable bonds is 6. The van der Waals surface area contributed by atoms with Crippen molar-refractivity contribution in [3.63, 3.8) is 0 Å².